The number of carbonyl (C=O) groups excluding carboxylic acids is 1. The van der Waals surface area contributed by atoms with Gasteiger partial charge in [-0.1, -0.05) is 18.2 Å². The molecule has 0 aromatic carbocycles. The molecule has 2 fully saturated rings. The molecular formula is C24H28N4O. The van der Waals surface area contributed by atoms with Crippen LogP contribution in [0.2, 0.25) is 0 Å². The highest BCUT2D eigenvalue weighted by atomic mass is 16.1. The second-order valence-corrected chi connectivity index (χ2v) is 8.74. The van der Waals surface area contributed by atoms with Gasteiger partial charge >= 0.3 is 0 Å². The highest BCUT2D eigenvalue weighted by molar-refractivity contribution is 5.94. The molecule has 2 aromatic heterocycles. The molecule has 29 heavy (non-hydrogen) atoms. The molecule has 0 radical (unpaired) electrons. The van der Waals surface area contributed by atoms with Crippen molar-refractivity contribution < 1.29 is 4.79 Å². The molecule has 2 saturated carbocycles. The number of aryl methyl sites for hydroxylation is 1. The molecule has 5 nitrogen and oxygen atoms in total. The summed E-state index contributed by atoms with van der Waals surface area (Å²) in [5.41, 5.74) is 2.30. The van der Waals surface area contributed by atoms with Crippen LogP contribution in [0.1, 0.15) is 41.7 Å². The zero-order valence-corrected chi connectivity index (χ0v) is 16.7. The fourth-order valence-corrected chi connectivity index (χ4v) is 5.34. The van der Waals surface area contributed by atoms with Gasteiger partial charge in [-0.2, -0.15) is 0 Å². The predicted octanol–water partition coefficient (Wildman–Crippen LogP) is 3.85. The van der Waals surface area contributed by atoms with Gasteiger partial charge in [-0.15, -0.1) is 0 Å². The summed E-state index contributed by atoms with van der Waals surface area (Å²) >= 11 is 0. The third-order valence-corrected chi connectivity index (χ3v) is 7.04. The van der Waals surface area contributed by atoms with Crippen LogP contribution in [0.4, 0.5) is 5.82 Å². The van der Waals surface area contributed by atoms with Crippen molar-refractivity contribution >= 4 is 11.7 Å². The quantitative estimate of drug-likeness (QED) is 0.532. The van der Waals surface area contributed by atoms with Crippen molar-refractivity contribution in [2.75, 3.05) is 18.4 Å². The fraction of sp³-hybridized carbons (Fsp3) is 0.458. The van der Waals surface area contributed by atoms with Gasteiger partial charge in [-0.25, -0.2) is 4.98 Å². The van der Waals surface area contributed by atoms with E-state index in [4.69, 9.17) is 0 Å². The van der Waals surface area contributed by atoms with E-state index in [2.05, 4.69) is 32.8 Å². The minimum atomic E-state index is -0.0704. The average molecular weight is 389 g/mol. The van der Waals surface area contributed by atoms with Gasteiger partial charge < -0.3 is 10.6 Å². The Hall–Kier alpha value is -2.69. The standard InChI is InChI=1S/C24H28N4O/c29-23(26-13-3-5-20-4-1-2-12-25-20)17-6-9-22(27-15-17)28-16-18-14-19-7-8-21(18)24(19)10-11-24/h1-2,4,6-9,12,15,18-19,21H,3,5,10-11,13-14,16H2,(H,26,29)(H,27,28)/t18-,19-,21-/m0/s1. The first-order valence-electron chi connectivity index (χ1n) is 10.8. The zero-order chi connectivity index (χ0) is 19.7. The van der Waals surface area contributed by atoms with Gasteiger partial charge in [0, 0.05) is 31.2 Å². The molecule has 0 unspecified atom stereocenters. The van der Waals surface area contributed by atoms with Crippen molar-refractivity contribution in [1.82, 2.24) is 15.3 Å². The molecular weight excluding hydrogens is 360 g/mol. The molecule has 0 saturated heterocycles. The molecule has 1 amide bonds. The zero-order valence-electron chi connectivity index (χ0n) is 16.7. The van der Waals surface area contributed by atoms with Gasteiger partial charge in [0.1, 0.15) is 5.82 Å². The van der Waals surface area contributed by atoms with Crippen molar-refractivity contribution in [1.29, 1.82) is 0 Å². The lowest BCUT2D eigenvalue weighted by Crippen LogP contribution is -2.25. The van der Waals surface area contributed by atoms with Crippen LogP contribution in [0, 0.1) is 23.2 Å². The minimum absolute atomic E-state index is 0.0704. The maximum atomic E-state index is 12.3. The number of hydrogen-bond acceptors (Lipinski definition) is 4. The summed E-state index contributed by atoms with van der Waals surface area (Å²) < 4.78 is 0. The molecule has 3 aliphatic rings. The van der Waals surface area contributed by atoms with E-state index in [0.29, 0.717) is 17.5 Å². The second-order valence-electron chi connectivity index (χ2n) is 8.74. The number of allylic oxidation sites excluding steroid dienone is 2. The Morgan fingerprint density at radius 1 is 1.14 bits per heavy atom. The first-order chi connectivity index (χ1) is 14.2. The first-order valence-corrected chi connectivity index (χ1v) is 10.8. The maximum Gasteiger partial charge on any atom is 0.252 e. The molecule has 2 bridgehead atoms. The molecule has 150 valence electrons. The van der Waals surface area contributed by atoms with Gasteiger partial charge in [0.05, 0.1) is 5.56 Å². The number of nitrogens with one attached hydrogen (secondary N) is 2. The molecule has 5 rings (SSSR count). The van der Waals surface area contributed by atoms with Gasteiger partial charge in [-0.3, -0.25) is 9.78 Å². The summed E-state index contributed by atoms with van der Waals surface area (Å²) in [6, 6.07) is 9.68. The third kappa shape index (κ3) is 3.66. The Morgan fingerprint density at radius 3 is 2.79 bits per heavy atom. The van der Waals surface area contributed by atoms with Gasteiger partial charge in [0.2, 0.25) is 0 Å². The van der Waals surface area contributed by atoms with Crippen LogP contribution in [0.15, 0.2) is 54.9 Å². The van der Waals surface area contributed by atoms with E-state index < -0.39 is 0 Å². The smallest absolute Gasteiger partial charge is 0.252 e. The fourth-order valence-electron chi connectivity index (χ4n) is 5.34. The highest BCUT2D eigenvalue weighted by Gasteiger charge is 2.62. The van der Waals surface area contributed by atoms with Gasteiger partial charge in [-0.05, 0) is 79.5 Å². The summed E-state index contributed by atoms with van der Waals surface area (Å²) in [5, 5.41) is 6.45. The number of aromatic nitrogens is 2. The molecule has 3 atom stereocenters. The number of anilines is 1. The molecule has 3 aliphatic carbocycles. The Balaban J connectivity index is 1.06. The van der Waals surface area contributed by atoms with E-state index in [1.54, 1.807) is 12.4 Å². The van der Waals surface area contributed by atoms with Gasteiger partial charge in [0.15, 0.2) is 0 Å². The summed E-state index contributed by atoms with van der Waals surface area (Å²) in [6.07, 6.45) is 14.3. The van der Waals surface area contributed by atoms with Crippen molar-refractivity contribution in [2.45, 2.75) is 32.1 Å². The average Bonchev–Trinajstić information content (AvgIpc) is 3.43. The monoisotopic (exact) mass is 388 g/mol. The van der Waals surface area contributed by atoms with Crippen LogP contribution in [-0.2, 0) is 6.42 Å². The first kappa shape index (κ1) is 18.3. The lowest BCUT2D eigenvalue weighted by atomic mass is 9.89. The van der Waals surface area contributed by atoms with Crippen molar-refractivity contribution in [3.8, 4) is 0 Å². The molecule has 2 heterocycles. The lowest BCUT2D eigenvalue weighted by molar-refractivity contribution is 0.0953. The lowest BCUT2D eigenvalue weighted by Gasteiger charge is -2.20. The third-order valence-electron chi connectivity index (χ3n) is 7.04. The summed E-state index contributed by atoms with van der Waals surface area (Å²) in [7, 11) is 0. The van der Waals surface area contributed by atoms with Crippen LogP contribution in [0.25, 0.3) is 0 Å². The van der Waals surface area contributed by atoms with E-state index in [1.807, 2.05) is 30.3 Å². The summed E-state index contributed by atoms with van der Waals surface area (Å²) in [5.74, 6) is 3.08. The molecule has 2 N–H and O–H groups in total. The second kappa shape index (κ2) is 7.62. The van der Waals surface area contributed by atoms with E-state index in [9.17, 15) is 4.79 Å². The van der Waals surface area contributed by atoms with Crippen molar-refractivity contribution in [2.24, 2.45) is 23.2 Å². The number of carbonyl (C=O) groups is 1. The maximum absolute atomic E-state index is 12.3. The van der Waals surface area contributed by atoms with E-state index in [-0.39, 0.29) is 5.91 Å². The summed E-state index contributed by atoms with van der Waals surface area (Å²) in [6.45, 7) is 1.61. The largest absolute Gasteiger partial charge is 0.370 e. The van der Waals surface area contributed by atoms with Crippen LogP contribution in [0.3, 0.4) is 0 Å². The minimum Gasteiger partial charge on any atom is -0.370 e. The van der Waals surface area contributed by atoms with E-state index >= 15 is 0 Å². The molecule has 5 heteroatoms. The van der Waals surface area contributed by atoms with Crippen LogP contribution < -0.4 is 10.6 Å². The Kier molecular flexibility index (Phi) is 4.82. The molecule has 2 aromatic rings. The Bertz CT molecular complexity index is 889. The van der Waals surface area contributed by atoms with Crippen LogP contribution in [0.5, 0.6) is 0 Å². The molecule has 1 spiro atoms. The van der Waals surface area contributed by atoms with E-state index in [0.717, 1.165) is 48.7 Å². The number of pyridine rings is 2. The topological polar surface area (TPSA) is 66.9 Å². The number of hydrogen-bond donors (Lipinski definition) is 2. The number of amides is 1. The highest BCUT2D eigenvalue weighted by Crippen LogP contribution is 2.70. The Morgan fingerprint density at radius 2 is 2.07 bits per heavy atom. The number of rotatable bonds is 8. The van der Waals surface area contributed by atoms with E-state index in [1.165, 1.54) is 19.3 Å². The molecule has 0 aliphatic heterocycles. The number of nitrogens with zero attached hydrogens (tertiary/aromatic N) is 2. The van der Waals surface area contributed by atoms with Crippen LogP contribution in [-0.4, -0.2) is 29.0 Å². The normalized spacial score (nSPS) is 25.3. The van der Waals surface area contributed by atoms with Crippen molar-refractivity contribution in [3.05, 3.63) is 66.1 Å². The van der Waals surface area contributed by atoms with Crippen LogP contribution >= 0.6 is 0 Å². The van der Waals surface area contributed by atoms with Crippen molar-refractivity contribution in [3.63, 3.8) is 0 Å². The predicted molar refractivity (Wildman–Crippen MR) is 114 cm³/mol. The Labute approximate surface area is 172 Å². The summed E-state index contributed by atoms with van der Waals surface area (Å²) in [4.78, 5) is 21.1. The van der Waals surface area contributed by atoms with Gasteiger partial charge in [0.25, 0.3) is 5.91 Å². The SMILES string of the molecule is O=C(NCCCc1ccccn1)c1ccc(NC[C@@H]2C[C@@H]3C=C[C@@H]2C32CC2)nc1.